The summed E-state index contributed by atoms with van der Waals surface area (Å²) in [6, 6.07) is 2.55. The van der Waals surface area contributed by atoms with Gasteiger partial charge in [0.15, 0.2) is 0 Å². The van der Waals surface area contributed by atoms with Crippen molar-refractivity contribution in [3.8, 4) is 0 Å². The molecule has 0 fully saturated rings. The number of amides is 1. The molecule has 0 saturated carbocycles. The summed E-state index contributed by atoms with van der Waals surface area (Å²) in [6.07, 6.45) is 0. The molecule has 0 saturated heterocycles. The minimum absolute atomic E-state index is 0.0128. The van der Waals surface area contributed by atoms with Crippen LogP contribution in [0.1, 0.15) is 27.9 Å². The molecule has 26 heavy (non-hydrogen) atoms. The fourth-order valence-corrected chi connectivity index (χ4v) is 2.06. The van der Waals surface area contributed by atoms with E-state index in [-0.39, 0.29) is 39.7 Å². The Morgan fingerprint density at radius 2 is 1.50 bits per heavy atom. The van der Waals surface area contributed by atoms with Crippen molar-refractivity contribution in [2.24, 2.45) is 5.73 Å². The van der Waals surface area contributed by atoms with Gasteiger partial charge in [0.05, 0.1) is 19.8 Å². The lowest BCUT2D eigenvalue weighted by molar-refractivity contribution is 0.0516. The smallest absolute Gasteiger partial charge is 0.355 e. The average Bonchev–Trinajstić information content (AvgIpc) is 3.06. The lowest BCUT2D eigenvalue weighted by Crippen LogP contribution is -2.21. The van der Waals surface area contributed by atoms with E-state index in [1.165, 1.54) is 12.1 Å². The summed E-state index contributed by atoms with van der Waals surface area (Å²) in [5.74, 6) is 9.47. The first kappa shape index (κ1) is 20.7. The first-order valence-electron chi connectivity index (χ1n) is 6.73. The van der Waals surface area contributed by atoms with Crippen LogP contribution >= 0.6 is 23.2 Å². The molecule has 2 heterocycles. The molecule has 0 aliphatic rings. The van der Waals surface area contributed by atoms with E-state index in [9.17, 15) is 9.59 Å². The molecule has 0 aliphatic heterocycles. The number of aromatic nitrogens is 2. The quantitative estimate of drug-likeness (QED) is 0.413. The van der Waals surface area contributed by atoms with Gasteiger partial charge in [-0.15, -0.1) is 0 Å². The predicted molar refractivity (Wildman–Crippen MR) is 96.2 cm³/mol. The normalized spacial score (nSPS) is 9.42. The molecule has 6 N–H and O–H groups in total. The summed E-state index contributed by atoms with van der Waals surface area (Å²) >= 11 is 11.2. The lowest BCUT2D eigenvalue weighted by atomic mass is 10.4. The molecular weight excluding hydrogens is 385 g/mol. The third-order valence-electron chi connectivity index (χ3n) is 2.89. The van der Waals surface area contributed by atoms with Crippen molar-refractivity contribution in [3.05, 3.63) is 56.7 Å². The van der Waals surface area contributed by atoms with Crippen LogP contribution in [0.3, 0.4) is 0 Å². The number of nitrogen functional groups attached to an aromatic ring is 2. The maximum atomic E-state index is 11.3. The largest absolute Gasteiger partial charge is 0.461 e. The first-order chi connectivity index (χ1) is 12.2. The van der Waals surface area contributed by atoms with Gasteiger partial charge >= 0.3 is 5.97 Å². The molecule has 0 radical (unpaired) electrons. The van der Waals surface area contributed by atoms with E-state index < -0.39 is 11.9 Å². The second-order valence-electron chi connectivity index (χ2n) is 4.46. The Bertz CT molecular complexity index is 934. The van der Waals surface area contributed by atoms with Crippen LogP contribution in [-0.4, -0.2) is 27.8 Å². The van der Waals surface area contributed by atoms with Gasteiger partial charge in [0.1, 0.15) is 21.7 Å². The van der Waals surface area contributed by atoms with Crippen molar-refractivity contribution in [2.45, 2.75) is 6.92 Å². The van der Waals surface area contributed by atoms with Crippen LogP contribution in [0.15, 0.2) is 12.1 Å². The van der Waals surface area contributed by atoms with Gasteiger partial charge in [0.25, 0.3) is 5.91 Å². The number of carbonyl (C=O) groups excluding carboxylic acids is 2. The van der Waals surface area contributed by atoms with Crippen LogP contribution in [0, 0.1) is 13.1 Å². The van der Waals surface area contributed by atoms with E-state index in [1.54, 1.807) is 6.92 Å². The molecule has 136 valence electrons. The van der Waals surface area contributed by atoms with Crippen molar-refractivity contribution >= 4 is 46.5 Å². The van der Waals surface area contributed by atoms with Crippen LogP contribution in [-0.2, 0) is 4.74 Å². The number of esters is 1. The highest BCUT2D eigenvalue weighted by Crippen LogP contribution is 2.28. The second kappa shape index (κ2) is 8.67. The van der Waals surface area contributed by atoms with Crippen LogP contribution in [0.4, 0.5) is 11.4 Å². The van der Waals surface area contributed by atoms with Crippen molar-refractivity contribution < 1.29 is 14.3 Å². The second-order valence-corrected chi connectivity index (χ2v) is 5.18. The third-order valence-corrected chi connectivity index (χ3v) is 3.64. The fourth-order valence-electron chi connectivity index (χ4n) is 1.68. The van der Waals surface area contributed by atoms with Gasteiger partial charge in [-0.2, -0.15) is 0 Å². The fraction of sp³-hybridized carbons (Fsp3) is 0.143. The van der Waals surface area contributed by atoms with Crippen LogP contribution in [0.2, 0.25) is 10.3 Å². The molecule has 2 rings (SSSR count). The maximum Gasteiger partial charge on any atom is 0.355 e. The van der Waals surface area contributed by atoms with Gasteiger partial charge in [-0.05, 0) is 19.1 Å². The number of halogens is 2. The zero-order valence-electron chi connectivity index (χ0n) is 13.4. The zero-order chi connectivity index (χ0) is 20.0. The molecule has 2 aromatic heterocycles. The van der Waals surface area contributed by atoms with Gasteiger partial charge in [0.2, 0.25) is 11.4 Å². The van der Waals surface area contributed by atoms with Crippen LogP contribution < -0.4 is 17.4 Å². The number of ether oxygens (including phenoxy) is 1. The number of nitrogens with zero attached hydrogens (tertiary/aromatic N) is 4. The molecule has 0 unspecified atom stereocenters. The minimum Gasteiger partial charge on any atom is -0.461 e. The molecule has 0 bridgehead atoms. The molecule has 1 amide bonds. The van der Waals surface area contributed by atoms with Crippen molar-refractivity contribution in [3.63, 3.8) is 0 Å². The molecule has 0 spiro atoms. The number of hydrogen-bond acceptors (Lipinski definition) is 5. The Morgan fingerprint density at radius 3 is 1.81 bits per heavy atom. The van der Waals surface area contributed by atoms with Gasteiger partial charge < -0.3 is 22.2 Å². The lowest BCUT2D eigenvalue weighted by Gasteiger charge is -2.03. The van der Waals surface area contributed by atoms with Crippen LogP contribution in [0.5, 0.6) is 0 Å². The Balaban J connectivity index is 0.000000263. The summed E-state index contributed by atoms with van der Waals surface area (Å²) < 4.78 is 6.54. The average molecular weight is 398 g/mol. The maximum absolute atomic E-state index is 11.3. The Hall–Kier alpha value is -3.34. The van der Waals surface area contributed by atoms with Crippen LogP contribution in [0.25, 0.3) is 9.69 Å². The third kappa shape index (κ3) is 4.19. The topological polar surface area (TPSA) is 140 Å². The predicted octanol–water partition coefficient (Wildman–Crippen LogP) is 2.09. The zero-order valence-corrected chi connectivity index (χ0v) is 14.9. The van der Waals surface area contributed by atoms with Crippen molar-refractivity contribution in [1.29, 1.82) is 0 Å². The number of primary amides is 1. The van der Waals surface area contributed by atoms with E-state index in [0.717, 1.165) is 9.35 Å². The van der Waals surface area contributed by atoms with Gasteiger partial charge in [0, 0.05) is 0 Å². The number of carbonyl (C=O) groups is 2. The highest BCUT2D eigenvalue weighted by Gasteiger charge is 2.18. The molecular formula is C14H13Cl2N7O3. The molecule has 12 heteroatoms. The van der Waals surface area contributed by atoms with E-state index >= 15 is 0 Å². The van der Waals surface area contributed by atoms with Gasteiger partial charge in [-0.1, -0.05) is 23.2 Å². The van der Waals surface area contributed by atoms with E-state index in [1.807, 2.05) is 0 Å². The van der Waals surface area contributed by atoms with E-state index in [4.69, 9.17) is 58.5 Å². The monoisotopic (exact) mass is 397 g/mol. The highest BCUT2D eigenvalue weighted by atomic mass is 35.5. The summed E-state index contributed by atoms with van der Waals surface area (Å²) in [6.45, 7) is 15.3. The minimum atomic E-state index is -0.714. The van der Waals surface area contributed by atoms with E-state index in [0.29, 0.717) is 0 Å². The van der Waals surface area contributed by atoms with Crippen molar-refractivity contribution in [2.75, 3.05) is 18.3 Å². The summed E-state index contributed by atoms with van der Waals surface area (Å²) in [5.41, 5.74) is 5.30. The Morgan fingerprint density at radius 1 is 1.08 bits per heavy atom. The standard InChI is InChI=1S/C8H8ClN3O2.C6H5ClN4O/c1-3-14-8(13)6-4-5(11-2)7(9)12(6)10;1-10-3-2-4(6(8)12)11(9)5(3)7/h4H,3,10H2,1H3;2H,9H2,(H2,8,12). The Kier molecular flexibility index (Phi) is 6.90. The summed E-state index contributed by atoms with van der Waals surface area (Å²) in [4.78, 5) is 28.1. The molecule has 0 aromatic carbocycles. The summed E-state index contributed by atoms with van der Waals surface area (Å²) in [7, 11) is 0. The highest BCUT2D eigenvalue weighted by molar-refractivity contribution is 6.33. The molecule has 10 nitrogen and oxygen atoms in total. The van der Waals surface area contributed by atoms with Gasteiger partial charge in [-0.25, -0.2) is 14.5 Å². The molecule has 2 aromatic rings. The number of nitrogens with two attached hydrogens (primary N) is 3. The van der Waals surface area contributed by atoms with Gasteiger partial charge in [-0.3, -0.25) is 14.1 Å². The number of hydrogen-bond donors (Lipinski definition) is 3. The Labute approximate surface area is 158 Å². The molecule has 0 aliphatic carbocycles. The SMILES string of the molecule is [C-]#[N+]c1cc(C(=O)OCC)n(N)c1Cl.[C-]#[N+]c1cc(C(N)=O)n(N)c1Cl. The first-order valence-corrected chi connectivity index (χ1v) is 7.49. The van der Waals surface area contributed by atoms with Crippen molar-refractivity contribution in [1.82, 2.24) is 9.35 Å². The molecule has 0 atom stereocenters. The van der Waals surface area contributed by atoms with E-state index in [2.05, 4.69) is 9.69 Å². The summed E-state index contributed by atoms with van der Waals surface area (Å²) in [5, 5.41) is 0.0434. The number of rotatable bonds is 3.